The fraction of sp³-hybridized carbons (Fsp3) is 0.448. The van der Waals surface area contributed by atoms with Crippen LogP contribution in [0.3, 0.4) is 0 Å². The van der Waals surface area contributed by atoms with Crippen molar-refractivity contribution in [1.82, 2.24) is 0 Å². The number of carbonyl (C=O) groups is 4. The number of anilines is 4. The van der Waals surface area contributed by atoms with E-state index >= 15 is 0 Å². The molecule has 37 heavy (non-hydrogen) atoms. The maximum absolute atomic E-state index is 12.3. The zero-order valence-electron chi connectivity index (χ0n) is 22.5. The number of carbonyl (C=O) groups excluding carboxylic acids is 4. The standard InChI is InChI=1S/C29H40N4O4/c1-5-26(34)32-24-18-22(16-14-20(24)3)30-28(36)12-10-8-7-9-11-13-29(37)31-23-17-15-21(4)25(19-23)33-27(35)6-2/h14-19H,5-13H2,1-4H3,(H,30,36)(H,31,37)(H,32,34)(H,33,35). The molecule has 0 spiro atoms. The van der Waals surface area contributed by atoms with Gasteiger partial charge in [0.1, 0.15) is 0 Å². The van der Waals surface area contributed by atoms with Crippen molar-refractivity contribution in [3.63, 3.8) is 0 Å². The number of amides is 4. The predicted molar refractivity (Wildman–Crippen MR) is 150 cm³/mol. The van der Waals surface area contributed by atoms with Crippen LogP contribution in [-0.4, -0.2) is 23.6 Å². The Kier molecular flexibility index (Phi) is 12.3. The number of hydrogen-bond acceptors (Lipinski definition) is 4. The van der Waals surface area contributed by atoms with Crippen LogP contribution in [0.2, 0.25) is 0 Å². The van der Waals surface area contributed by atoms with Crippen molar-refractivity contribution in [2.75, 3.05) is 21.3 Å². The highest BCUT2D eigenvalue weighted by Gasteiger charge is 2.09. The second-order valence-electron chi connectivity index (χ2n) is 9.23. The van der Waals surface area contributed by atoms with Crippen LogP contribution in [0, 0.1) is 13.8 Å². The first-order valence-electron chi connectivity index (χ1n) is 13.1. The van der Waals surface area contributed by atoms with Gasteiger partial charge in [-0.05, 0) is 62.1 Å². The maximum atomic E-state index is 12.3. The monoisotopic (exact) mass is 508 g/mol. The molecule has 0 atom stereocenters. The van der Waals surface area contributed by atoms with Gasteiger partial charge < -0.3 is 21.3 Å². The molecular weight excluding hydrogens is 468 g/mol. The number of nitrogens with one attached hydrogen (secondary N) is 4. The maximum Gasteiger partial charge on any atom is 0.224 e. The van der Waals surface area contributed by atoms with Gasteiger partial charge in [0, 0.05) is 48.4 Å². The topological polar surface area (TPSA) is 116 Å². The molecule has 2 aromatic carbocycles. The van der Waals surface area contributed by atoms with E-state index in [1.165, 1.54) is 0 Å². The van der Waals surface area contributed by atoms with Gasteiger partial charge in [0.15, 0.2) is 0 Å². The SMILES string of the molecule is CCC(=O)Nc1cc(NC(=O)CCCCCCCC(=O)Nc2ccc(C)c(NC(=O)CC)c2)ccc1C. The van der Waals surface area contributed by atoms with E-state index < -0.39 is 0 Å². The summed E-state index contributed by atoms with van der Waals surface area (Å²) in [6.45, 7) is 7.41. The molecule has 0 saturated carbocycles. The summed E-state index contributed by atoms with van der Waals surface area (Å²) in [4.78, 5) is 47.9. The zero-order valence-corrected chi connectivity index (χ0v) is 22.5. The van der Waals surface area contributed by atoms with E-state index in [1.54, 1.807) is 26.0 Å². The van der Waals surface area contributed by atoms with Crippen LogP contribution in [0.1, 0.15) is 82.8 Å². The normalized spacial score (nSPS) is 10.5. The second kappa shape index (κ2) is 15.4. The molecule has 0 aliphatic carbocycles. The molecule has 0 heterocycles. The molecule has 2 aromatic rings. The van der Waals surface area contributed by atoms with Gasteiger partial charge in [-0.25, -0.2) is 0 Å². The van der Waals surface area contributed by atoms with Crippen LogP contribution < -0.4 is 21.3 Å². The first-order chi connectivity index (χ1) is 17.7. The number of rotatable bonds is 14. The lowest BCUT2D eigenvalue weighted by Gasteiger charge is -2.11. The van der Waals surface area contributed by atoms with Gasteiger partial charge in [0.25, 0.3) is 0 Å². The Balaban J connectivity index is 1.63. The van der Waals surface area contributed by atoms with Crippen LogP contribution >= 0.6 is 0 Å². The summed E-state index contributed by atoms with van der Waals surface area (Å²) in [6, 6.07) is 11.0. The molecule has 0 radical (unpaired) electrons. The molecule has 4 N–H and O–H groups in total. The largest absolute Gasteiger partial charge is 0.326 e. The molecule has 8 heteroatoms. The van der Waals surface area contributed by atoms with Gasteiger partial charge in [-0.1, -0.05) is 45.2 Å². The first-order valence-corrected chi connectivity index (χ1v) is 13.1. The first kappa shape index (κ1) is 29.5. The lowest BCUT2D eigenvalue weighted by atomic mass is 10.1. The summed E-state index contributed by atoms with van der Waals surface area (Å²) in [5.41, 5.74) is 4.64. The van der Waals surface area contributed by atoms with Crippen molar-refractivity contribution < 1.29 is 19.2 Å². The third kappa shape index (κ3) is 10.9. The lowest BCUT2D eigenvalue weighted by Crippen LogP contribution is -2.13. The highest BCUT2D eigenvalue weighted by molar-refractivity contribution is 5.95. The van der Waals surface area contributed by atoms with Crippen LogP contribution in [0.15, 0.2) is 36.4 Å². The minimum atomic E-state index is -0.0641. The summed E-state index contributed by atoms with van der Waals surface area (Å²) in [6.07, 6.45) is 5.99. The Labute approximate surface area is 220 Å². The smallest absolute Gasteiger partial charge is 0.224 e. The van der Waals surface area contributed by atoms with Gasteiger partial charge in [0.05, 0.1) is 0 Å². The molecule has 8 nitrogen and oxygen atoms in total. The van der Waals surface area contributed by atoms with Crippen molar-refractivity contribution in [3.8, 4) is 0 Å². The molecule has 200 valence electrons. The molecule has 0 saturated heterocycles. The van der Waals surface area contributed by atoms with Gasteiger partial charge in [-0.15, -0.1) is 0 Å². The summed E-state index contributed by atoms with van der Waals surface area (Å²) in [5, 5.41) is 11.5. The number of aryl methyl sites for hydroxylation is 2. The molecule has 0 aliphatic heterocycles. The molecule has 4 amide bonds. The average molecular weight is 509 g/mol. The third-order valence-electron chi connectivity index (χ3n) is 6.04. The van der Waals surface area contributed by atoms with E-state index in [0.29, 0.717) is 48.4 Å². The molecule has 0 aromatic heterocycles. The van der Waals surface area contributed by atoms with Gasteiger partial charge >= 0.3 is 0 Å². The fourth-order valence-electron chi connectivity index (χ4n) is 3.69. The zero-order chi connectivity index (χ0) is 27.2. The number of unbranched alkanes of at least 4 members (excludes halogenated alkanes) is 4. The number of hydrogen-bond donors (Lipinski definition) is 4. The van der Waals surface area contributed by atoms with Gasteiger partial charge in [-0.3, -0.25) is 19.2 Å². The van der Waals surface area contributed by atoms with E-state index in [0.717, 1.165) is 43.2 Å². The minimum Gasteiger partial charge on any atom is -0.326 e. The van der Waals surface area contributed by atoms with Crippen LogP contribution in [0.4, 0.5) is 22.7 Å². The number of benzene rings is 2. The average Bonchev–Trinajstić information content (AvgIpc) is 2.87. The lowest BCUT2D eigenvalue weighted by molar-refractivity contribution is -0.117. The summed E-state index contributed by atoms with van der Waals surface area (Å²) in [7, 11) is 0. The predicted octanol–water partition coefficient (Wildman–Crippen LogP) is 6.31. The Bertz CT molecular complexity index is 1010. The van der Waals surface area contributed by atoms with E-state index in [9.17, 15) is 19.2 Å². The van der Waals surface area contributed by atoms with Crippen LogP contribution in [0.5, 0.6) is 0 Å². The summed E-state index contributed by atoms with van der Waals surface area (Å²) >= 11 is 0. The molecule has 0 bridgehead atoms. The van der Waals surface area contributed by atoms with Crippen molar-refractivity contribution >= 4 is 46.4 Å². The Morgan fingerprint density at radius 1 is 0.541 bits per heavy atom. The van der Waals surface area contributed by atoms with Gasteiger partial charge in [-0.2, -0.15) is 0 Å². The summed E-state index contributed by atoms with van der Waals surface area (Å²) in [5.74, 6) is -0.233. The van der Waals surface area contributed by atoms with E-state index in [4.69, 9.17) is 0 Å². The van der Waals surface area contributed by atoms with E-state index in [1.807, 2.05) is 38.1 Å². The molecule has 2 rings (SSSR count). The van der Waals surface area contributed by atoms with Crippen molar-refractivity contribution in [2.24, 2.45) is 0 Å². The fourth-order valence-corrected chi connectivity index (χ4v) is 3.69. The van der Waals surface area contributed by atoms with E-state index in [-0.39, 0.29) is 23.6 Å². The minimum absolute atomic E-state index is 0.0522. The molecule has 0 fully saturated rings. The molecule has 0 unspecified atom stereocenters. The second-order valence-corrected chi connectivity index (χ2v) is 9.23. The quantitative estimate of drug-likeness (QED) is 0.224. The van der Waals surface area contributed by atoms with Crippen molar-refractivity contribution in [2.45, 2.75) is 85.5 Å². The van der Waals surface area contributed by atoms with E-state index in [2.05, 4.69) is 21.3 Å². The molecular formula is C29H40N4O4. The Hall–Kier alpha value is -3.68. The van der Waals surface area contributed by atoms with Crippen LogP contribution in [0.25, 0.3) is 0 Å². The van der Waals surface area contributed by atoms with Crippen LogP contribution in [-0.2, 0) is 19.2 Å². The van der Waals surface area contributed by atoms with Crippen molar-refractivity contribution in [1.29, 1.82) is 0 Å². The highest BCUT2D eigenvalue weighted by Crippen LogP contribution is 2.22. The van der Waals surface area contributed by atoms with Gasteiger partial charge in [0.2, 0.25) is 23.6 Å². The highest BCUT2D eigenvalue weighted by atomic mass is 16.2. The molecule has 0 aliphatic rings. The Morgan fingerprint density at radius 2 is 0.919 bits per heavy atom. The van der Waals surface area contributed by atoms with Crippen molar-refractivity contribution in [3.05, 3.63) is 47.5 Å². The summed E-state index contributed by atoms with van der Waals surface area (Å²) < 4.78 is 0. The third-order valence-corrected chi connectivity index (χ3v) is 6.04. The Morgan fingerprint density at radius 3 is 1.30 bits per heavy atom.